The van der Waals surface area contributed by atoms with E-state index in [1.54, 1.807) is 4.90 Å². The molecule has 0 radical (unpaired) electrons. The molecule has 1 saturated heterocycles. The fourth-order valence-electron chi connectivity index (χ4n) is 2.83. The summed E-state index contributed by atoms with van der Waals surface area (Å²) in [6.07, 6.45) is -3.58. The zero-order valence-electron chi connectivity index (χ0n) is 15.2. The van der Waals surface area contributed by atoms with Gasteiger partial charge in [0.2, 0.25) is 0 Å². The molecule has 26 heavy (non-hydrogen) atoms. The van der Waals surface area contributed by atoms with Crippen molar-refractivity contribution in [3.8, 4) is 5.75 Å². The Hall–Kier alpha value is -1.96. The highest BCUT2D eigenvalue weighted by atomic mass is 19.4. The van der Waals surface area contributed by atoms with Crippen LogP contribution in [0.3, 0.4) is 0 Å². The van der Waals surface area contributed by atoms with Crippen LogP contribution in [-0.4, -0.2) is 60.8 Å². The van der Waals surface area contributed by atoms with E-state index in [4.69, 9.17) is 4.74 Å². The molecule has 1 fully saturated rings. The first kappa shape index (κ1) is 20.4. The predicted octanol–water partition coefficient (Wildman–Crippen LogP) is 3.25. The molecule has 8 heteroatoms. The van der Waals surface area contributed by atoms with Crippen LogP contribution in [0.4, 0.5) is 18.0 Å². The number of amides is 2. The van der Waals surface area contributed by atoms with Crippen molar-refractivity contribution < 1.29 is 22.7 Å². The Morgan fingerprint density at radius 3 is 2.46 bits per heavy atom. The SMILES string of the molecule is CC(C)Oc1ccc(CNC(=O)N2CCCN(CC(F)(F)F)CC2)cc1. The summed E-state index contributed by atoms with van der Waals surface area (Å²) in [5.74, 6) is 0.771. The van der Waals surface area contributed by atoms with Crippen LogP contribution in [0, 0.1) is 0 Å². The minimum atomic E-state index is -4.21. The number of nitrogens with one attached hydrogen (secondary N) is 1. The van der Waals surface area contributed by atoms with Gasteiger partial charge in [0.15, 0.2) is 0 Å². The van der Waals surface area contributed by atoms with Gasteiger partial charge in [-0.3, -0.25) is 4.90 Å². The highest BCUT2D eigenvalue weighted by molar-refractivity contribution is 5.74. The number of benzene rings is 1. The molecule has 0 atom stereocenters. The normalized spacial score (nSPS) is 16.5. The minimum Gasteiger partial charge on any atom is -0.491 e. The number of hydrogen-bond donors (Lipinski definition) is 1. The van der Waals surface area contributed by atoms with Gasteiger partial charge in [-0.1, -0.05) is 12.1 Å². The highest BCUT2D eigenvalue weighted by Crippen LogP contribution is 2.18. The first-order chi connectivity index (χ1) is 12.2. The number of nitrogens with zero attached hydrogens (tertiary/aromatic N) is 2. The van der Waals surface area contributed by atoms with E-state index in [1.165, 1.54) is 4.90 Å². The number of carbonyl (C=O) groups is 1. The van der Waals surface area contributed by atoms with Crippen LogP contribution in [0.5, 0.6) is 5.75 Å². The summed E-state index contributed by atoms with van der Waals surface area (Å²) in [7, 11) is 0. The molecule has 1 aromatic carbocycles. The Labute approximate surface area is 152 Å². The van der Waals surface area contributed by atoms with Crippen LogP contribution in [0.15, 0.2) is 24.3 Å². The second-order valence-electron chi connectivity index (χ2n) is 6.70. The molecule has 5 nitrogen and oxygen atoms in total. The molecule has 1 aliphatic heterocycles. The lowest BCUT2D eigenvalue weighted by Gasteiger charge is -2.23. The van der Waals surface area contributed by atoms with Gasteiger partial charge in [0.1, 0.15) is 5.75 Å². The average molecular weight is 373 g/mol. The highest BCUT2D eigenvalue weighted by Gasteiger charge is 2.31. The second-order valence-corrected chi connectivity index (χ2v) is 6.70. The van der Waals surface area contributed by atoms with E-state index in [0.29, 0.717) is 32.6 Å². The van der Waals surface area contributed by atoms with Crippen LogP contribution < -0.4 is 10.1 Å². The van der Waals surface area contributed by atoms with E-state index in [0.717, 1.165) is 11.3 Å². The van der Waals surface area contributed by atoms with Crippen LogP contribution in [0.2, 0.25) is 0 Å². The molecule has 0 spiro atoms. The van der Waals surface area contributed by atoms with Crippen LogP contribution >= 0.6 is 0 Å². The maximum Gasteiger partial charge on any atom is 0.401 e. The summed E-state index contributed by atoms with van der Waals surface area (Å²) >= 11 is 0. The molecule has 146 valence electrons. The first-order valence-electron chi connectivity index (χ1n) is 8.80. The fraction of sp³-hybridized carbons (Fsp3) is 0.611. The molecule has 0 aliphatic carbocycles. The third-order valence-electron chi connectivity index (χ3n) is 4.02. The van der Waals surface area contributed by atoms with Crippen LogP contribution in [0.25, 0.3) is 0 Å². The molecular formula is C18H26F3N3O2. The zero-order valence-corrected chi connectivity index (χ0v) is 15.2. The Balaban J connectivity index is 1.79. The molecule has 0 unspecified atom stereocenters. The van der Waals surface area contributed by atoms with Crippen molar-refractivity contribution in [2.24, 2.45) is 0 Å². The summed E-state index contributed by atoms with van der Waals surface area (Å²) in [5.41, 5.74) is 0.933. The molecule has 0 bridgehead atoms. The lowest BCUT2D eigenvalue weighted by molar-refractivity contribution is -0.145. The van der Waals surface area contributed by atoms with Crippen molar-refractivity contribution in [3.05, 3.63) is 29.8 Å². The van der Waals surface area contributed by atoms with Gasteiger partial charge < -0.3 is 15.0 Å². The van der Waals surface area contributed by atoms with Crippen LogP contribution in [-0.2, 0) is 6.54 Å². The molecule has 0 saturated carbocycles. The number of rotatable bonds is 5. The second kappa shape index (κ2) is 9.12. The number of alkyl halides is 3. The minimum absolute atomic E-state index is 0.0977. The van der Waals surface area contributed by atoms with Gasteiger partial charge in [-0.25, -0.2) is 4.79 Å². The molecule has 2 rings (SSSR count). The molecule has 1 aromatic rings. The first-order valence-corrected chi connectivity index (χ1v) is 8.80. The van der Waals surface area contributed by atoms with E-state index in [2.05, 4.69) is 5.32 Å². The molecule has 1 heterocycles. The molecule has 0 aromatic heterocycles. The fourth-order valence-corrected chi connectivity index (χ4v) is 2.83. The lowest BCUT2D eigenvalue weighted by atomic mass is 10.2. The van der Waals surface area contributed by atoms with Crippen LogP contribution in [0.1, 0.15) is 25.8 Å². The lowest BCUT2D eigenvalue weighted by Crippen LogP contribution is -2.42. The topological polar surface area (TPSA) is 44.8 Å². The molecule has 1 aliphatic rings. The van der Waals surface area contributed by atoms with Gasteiger partial charge in [0, 0.05) is 32.7 Å². The number of ether oxygens (including phenoxy) is 1. The van der Waals surface area contributed by atoms with Crippen molar-refractivity contribution >= 4 is 6.03 Å². The summed E-state index contributed by atoms with van der Waals surface area (Å²) in [5, 5.41) is 2.83. The maximum absolute atomic E-state index is 12.5. The Morgan fingerprint density at radius 2 is 1.85 bits per heavy atom. The quantitative estimate of drug-likeness (QED) is 0.862. The van der Waals surface area contributed by atoms with Gasteiger partial charge >= 0.3 is 12.2 Å². The monoisotopic (exact) mass is 373 g/mol. The summed E-state index contributed by atoms with van der Waals surface area (Å²) in [4.78, 5) is 15.2. The zero-order chi connectivity index (χ0) is 19.2. The standard InChI is InChI=1S/C18H26F3N3O2/c1-14(2)26-16-6-4-15(5-7-16)12-22-17(25)24-9-3-8-23(10-11-24)13-18(19,20)21/h4-7,14H,3,8-13H2,1-2H3,(H,22,25). The number of urea groups is 1. The summed E-state index contributed by atoms with van der Waals surface area (Å²) in [6, 6.07) is 7.21. The van der Waals surface area contributed by atoms with Crippen molar-refractivity contribution in [2.75, 3.05) is 32.7 Å². The van der Waals surface area contributed by atoms with E-state index >= 15 is 0 Å². The van der Waals surface area contributed by atoms with E-state index in [1.807, 2.05) is 38.1 Å². The summed E-state index contributed by atoms with van der Waals surface area (Å²) < 4.78 is 43.0. The predicted molar refractivity (Wildman–Crippen MR) is 93.1 cm³/mol. The van der Waals surface area contributed by atoms with Crippen molar-refractivity contribution in [1.82, 2.24) is 15.1 Å². The van der Waals surface area contributed by atoms with Crippen molar-refractivity contribution in [3.63, 3.8) is 0 Å². The van der Waals surface area contributed by atoms with Gasteiger partial charge in [-0.15, -0.1) is 0 Å². The third kappa shape index (κ3) is 7.11. The Bertz CT molecular complexity index is 576. The smallest absolute Gasteiger partial charge is 0.401 e. The Morgan fingerprint density at radius 1 is 1.15 bits per heavy atom. The van der Waals surface area contributed by atoms with Crippen molar-refractivity contribution in [2.45, 2.75) is 39.1 Å². The number of halogens is 3. The van der Waals surface area contributed by atoms with E-state index in [-0.39, 0.29) is 18.7 Å². The third-order valence-corrected chi connectivity index (χ3v) is 4.02. The largest absolute Gasteiger partial charge is 0.491 e. The molecular weight excluding hydrogens is 347 g/mol. The number of hydrogen-bond acceptors (Lipinski definition) is 3. The van der Waals surface area contributed by atoms with E-state index < -0.39 is 12.7 Å². The summed E-state index contributed by atoms with van der Waals surface area (Å²) in [6.45, 7) is 4.67. The maximum atomic E-state index is 12.5. The van der Waals surface area contributed by atoms with E-state index in [9.17, 15) is 18.0 Å². The van der Waals surface area contributed by atoms with Gasteiger partial charge in [0.05, 0.1) is 12.6 Å². The van der Waals surface area contributed by atoms with Gasteiger partial charge in [-0.05, 0) is 38.0 Å². The number of carbonyl (C=O) groups excluding carboxylic acids is 1. The van der Waals surface area contributed by atoms with Gasteiger partial charge in [-0.2, -0.15) is 13.2 Å². The van der Waals surface area contributed by atoms with Crippen molar-refractivity contribution in [1.29, 1.82) is 0 Å². The molecule has 1 N–H and O–H groups in total. The Kier molecular flexibility index (Phi) is 7.14. The average Bonchev–Trinajstić information content (AvgIpc) is 2.77. The van der Waals surface area contributed by atoms with Gasteiger partial charge in [0.25, 0.3) is 0 Å². The molecule has 2 amide bonds.